The lowest BCUT2D eigenvalue weighted by Gasteiger charge is -2.17. The minimum absolute atomic E-state index is 0.0689. The highest BCUT2D eigenvalue weighted by Gasteiger charge is 2.30. The van der Waals surface area contributed by atoms with Crippen LogP contribution in [0.25, 0.3) is 0 Å². The molecule has 1 aromatic heterocycles. The van der Waals surface area contributed by atoms with Crippen molar-refractivity contribution in [1.82, 2.24) is 10.1 Å². The number of hydrogen-bond acceptors (Lipinski definition) is 6. The van der Waals surface area contributed by atoms with Crippen molar-refractivity contribution < 1.29 is 14.1 Å². The molecular weight excluding hydrogens is 484 g/mol. The molecule has 2 heterocycles. The lowest BCUT2D eigenvalue weighted by molar-refractivity contribution is -0.112. The molecule has 0 fully saturated rings. The number of anilines is 2. The van der Waals surface area contributed by atoms with Crippen molar-refractivity contribution in [2.75, 3.05) is 10.6 Å². The third-order valence-electron chi connectivity index (χ3n) is 5.88. The Balaban J connectivity index is 1.29. The van der Waals surface area contributed by atoms with Crippen molar-refractivity contribution in [3.8, 4) is 0 Å². The molecule has 176 valence electrons. The zero-order valence-corrected chi connectivity index (χ0v) is 20.2. The van der Waals surface area contributed by atoms with Crippen molar-refractivity contribution in [1.29, 1.82) is 0 Å². The van der Waals surface area contributed by atoms with E-state index in [1.165, 1.54) is 6.26 Å². The van der Waals surface area contributed by atoms with E-state index >= 15 is 0 Å². The van der Waals surface area contributed by atoms with Crippen LogP contribution in [0.4, 0.5) is 11.5 Å². The maximum absolute atomic E-state index is 13.1. The van der Waals surface area contributed by atoms with Gasteiger partial charge in [0, 0.05) is 58.8 Å². The zero-order chi connectivity index (χ0) is 24.4. The van der Waals surface area contributed by atoms with E-state index in [9.17, 15) is 9.59 Å². The molecule has 2 N–H and O–H groups in total. The number of rotatable bonds is 7. The van der Waals surface area contributed by atoms with Crippen molar-refractivity contribution in [3.63, 3.8) is 0 Å². The molecule has 0 atom stereocenters. The van der Waals surface area contributed by atoms with Gasteiger partial charge in [-0.05, 0) is 29.3 Å². The number of nitrogens with one attached hydrogen (secondary N) is 2. The molecule has 35 heavy (non-hydrogen) atoms. The number of thiocarbonyl (C=S) groups is 1. The van der Waals surface area contributed by atoms with E-state index in [-0.39, 0.29) is 11.8 Å². The summed E-state index contributed by atoms with van der Waals surface area (Å²) in [4.78, 5) is 28.3. The molecule has 2 aliphatic rings. The molecule has 0 unspecified atom stereocenters. The molecule has 0 bridgehead atoms. The SMILES string of the molecule is O=C(Nc1cccc2c1CN(Cc1cccc(CNc3ccon3)c1)C2=O)C1=CC(Cl)=CCC1=S. The average molecular weight is 505 g/mol. The molecule has 0 radical (unpaired) electrons. The second kappa shape index (κ2) is 9.85. The first-order valence-corrected chi connectivity index (χ1v) is 11.8. The number of hydrogen-bond donors (Lipinski definition) is 2. The Morgan fingerprint density at radius 3 is 2.83 bits per heavy atom. The van der Waals surface area contributed by atoms with Gasteiger partial charge >= 0.3 is 0 Å². The second-order valence-electron chi connectivity index (χ2n) is 8.28. The maximum Gasteiger partial charge on any atom is 0.256 e. The summed E-state index contributed by atoms with van der Waals surface area (Å²) < 4.78 is 4.84. The molecule has 1 aliphatic heterocycles. The fraction of sp³-hybridized carbons (Fsp3) is 0.154. The van der Waals surface area contributed by atoms with Gasteiger partial charge in [0.25, 0.3) is 11.8 Å². The first kappa shape index (κ1) is 23.0. The summed E-state index contributed by atoms with van der Waals surface area (Å²) in [6.45, 7) is 1.44. The van der Waals surface area contributed by atoms with Gasteiger partial charge in [0.1, 0.15) is 6.26 Å². The predicted octanol–water partition coefficient (Wildman–Crippen LogP) is 5.20. The van der Waals surface area contributed by atoms with Gasteiger partial charge in [-0.15, -0.1) is 0 Å². The molecule has 0 saturated heterocycles. The summed E-state index contributed by atoms with van der Waals surface area (Å²) in [6.07, 6.45) is 5.32. The van der Waals surface area contributed by atoms with E-state index < -0.39 is 0 Å². The van der Waals surface area contributed by atoms with E-state index in [2.05, 4.69) is 21.9 Å². The van der Waals surface area contributed by atoms with Crippen LogP contribution in [-0.4, -0.2) is 26.7 Å². The van der Waals surface area contributed by atoms with Crippen molar-refractivity contribution >= 4 is 52.0 Å². The van der Waals surface area contributed by atoms with Crippen LogP contribution in [0, 0.1) is 0 Å². The first-order valence-electron chi connectivity index (χ1n) is 11.0. The van der Waals surface area contributed by atoms with Gasteiger partial charge in [0.2, 0.25) is 0 Å². The summed E-state index contributed by atoms with van der Waals surface area (Å²) in [5.41, 5.74) is 4.43. The quantitative estimate of drug-likeness (QED) is 0.430. The maximum atomic E-state index is 13.1. The third kappa shape index (κ3) is 5.03. The summed E-state index contributed by atoms with van der Waals surface area (Å²) in [5.74, 6) is 0.270. The van der Waals surface area contributed by atoms with Crippen LogP contribution in [0.3, 0.4) is 0 Å². The van der Waals surface area contributed by atoms with Crippen LogP contribution in [-0.2, 0) is 24.4 Å². The van der Waals surface area contributed by atoms with Crippen LogP contribution >= 0.6 is 23.8 Å². The minimum Gasteiger partial charge on any atom is -0.363 e. The van der Waals surface area contributed by atoms with Crippen molar-refractivity contribution in [2.45, 2.75) is 26.1 Å². The fourth-order valence-electron chi connectivity index (χ4n) is 4.15. The summed E-state index contributed by atoms with van der Waals surface area (Å²) in [7, 11) is 0. The summed E-state index contributed by atoms with van der Waals surface area (Å²) >= 11 is 11.4. The van der Waals surface area contributed by atoms with Gasteiger partial charge in [0.15, 0.2) is 5.82 Å². The Labute approximate surface area is 212 Å². The molecule has 2 amide bonds. The van der Waals surface area contributed by atoms with Crippen LogP contribution in [0.5, 0.6) is 0 Å². The van der Waals surface area contributed by atoms with Gasteiger partial charge in [-0.25, -0.2) is 0 Å². The number of carbonyl (C=O) groups excluding carboxylic acids is 2. The highest BCUT2D eigenvalue weighted by atomic mass is 35.5. The number of carbonyl (C=O) groups is 2. The molecule has 9 heteroatoms. The fourth-order valence-corrected chi connectivity index (χ4v) is 4.57. The third-order valence-corrected chi connectivity index (χ3v) is 6.53. The molecular formula is C26H21ClN4O3S. The number of benzene rings is 2. The van der Waals surface area contributed by atoms with Crippen LogP contribution in [0.15, 0.2) is 82.1 Å². The van der Waals surface area contributed by atoms with Crippen LogP contribution in [0.2, 0.25) is 0 Å². The Bertz CT molecular complexity index is 1380. The standard InChI is InChI=1S/C26H21ClN4O3S/c27-18-7-8-23(35)20(12-18)25(32)29-22-6-2-5-19-21(22)15-31(26(19)33)14-17-4-1-3-16(11-17)13-28-24-9-10-34-30-24/h1-7,9-12H,8,13-15H2,(H,28,30)(H,29,32). The molecule has 5 rings (SSSR count). The Hall–Kier alpha value is -3.75. The van der Waals surface area contributed by atoms with E-state index in [0.717, 1.165) is 16.7 Å². The summed E-state index contributed by atoms with van der Waals surface area (Å²) in [5, 5.41) is 10.5. The monoisotopic (exact) mass is 504 g/mol. The van der Waals surface area contributed by atoms with Crippen LogP contribution < -0.4 is 10.6 Å². The van der Waals surface area contributed by atoms with Gasteiger partial charge in [-0.1, -0.05) is 65.4 Å². The van der Waals surface area contributed by atoms with Gasteiger partial charge in [-0.3, -0.25) is 9.59 Å². The number of aromatic nitrogens is 1. The Morgan fingerprint density at radius 1 is 1.17 bits per heavy atom. The highest BCUT2D eigenvalue weighted by Crippen LogP contribution is 2.31. The number of amides is 2. The lowest BCUT2D eigenvalue weighted by Crippen LogP contribution is -2.23. The largest absolute Gasteiger partial charge is 0.363 e. The molecule has 0 spiro atoms. The zero-order valence-electron chi connectivity index (χ0n) is 18.6. The van der Waals surface area contributed by atoms with E-state index in [4.69, 9.17) is 28.3 Å². The highest BCUT2D eigenvalue weighted by molar-refractivity contribution is 7.81. The lowest BCUT2D eigenvalue weighted by atomic mass is 10.0. The minimum atomic E-state index is -0.326. The number of nitrogens with zero attached hydrogens (tertiary/aromatic N) is 2. The molecule has 2 aromatic carbocycles. The van der Waals surface area contributed by atoms with Crippen molar-refractivity contribution in [2.24, 2.45) is 0 Å². The van der Waals surface area contributed by atoms with Crippen molar-refractivity contribution in [3.05, 3.63) is 99.8 Å². The van der Waals surface area contributed by atoms with Gasteiger partial charge < -0.3 is 20.1 Å². The van der Waals surface area contributed by atoms with E-state index in [0.29, 0.717) is 58.6 Å². The molecule has 0 saturated carbocycles. The summed E-state index contributed by atoms with van der Waals surface area (Å²) in [6, 6.07) is 15.1. The van der Waals surface area contributed by atoms with E-state index in [1.54, 1.807) is 41.3 Å². The molecule has 1 aliphatic carbocycles. The van der Waals surface area contributed by atoms with E-state index in [1.807, 2.05) is 18.2 Å². The van der Waals surface area contributed by atoms with Crippen LogP contribution in [0.1, 0.15) is 33.5 Å². The second-order valence-corrected chi connectivity index (χ2v) is 9.21. The number of halogens is 1. The topological polar surface area (TPSA) is 87.5 Å². The first-order chi connectivity index (χ1) is 17.0. The van der Waals surface area contributed by atoms with Gasteiger partial charge in [-0.2, -0.15) is 0 Å². The molecule has 3 aromatic rings. The number of allylic oxidation sites excluding steroid dienone is 3. The average Bonchev–Trinajstić information content (AvgIpc) is 3.49. The predicted molar refractivity (Wildman–Crippen MR) is 138 cm³/mol. The Morgan fingerprint density at radius 2 is 2.00 bits per heavy atom. The molecule has 7 nitrogen and oxygen atoms in total. The normalized spacial score (nSPS) is 14.9. The smallest absolute Gasteiger partial charge is 0.256 e. The van der Waals surface area contributed by atoms with Gasteiger partial charge in [0.05, 0.1) is 5.57 Å². The number of fused-ring (bicyclic) bond motifs is 1. The Kier molecular flexibility index (Phi) is 6.48.